The van der Waals surface area contributed by atoms with Gasteiger partial charge in [-0.05, 0) is 43.5 Å². The molecule has 0 aliphatic carbocycles. The SMILES string of the molecule is Fc1ccc(-c2cc3nc(-c4ccccc4)cc(N4CCCCC4)n3n2)cc1. The zero-order valence-corrected chi connectivity index (χ0v) is 15.6. The monoisotopic (exact) mass is 372 g/mol. The van der Waals surface area contributed by atoms with E-state index in [0.717, 1.165) is 47.1 Å². The first-order chi connectivity index (χ1) is 13.8. The molecule has 0 unspecified atom stereocenters. The maximum Gasteiger partial charge on any atom is 0.158 e. The molecule has 2 aromatic carbocycles. The summed E-state index contributed by atoms with van der Waals surface area (Å²) >= 11 is 0. The Bertz CT molecular complexity index is 1100. The lowest BCUT2D eigenvalue weighted by atomic mass is 10.1. The Morgan fingerprint density at radius 3 is 2.21 bits per heavy atom. The molecule has 1 aliphatic heterocycles. The van der Waals surface area contributed by atoms with Gasteiger partial charge in [0.2, 0.25) is 0 Å². The minimum atomic E-state index is -0.244. The van der Waals surface area contributed by atoms with Crippen LogP contribution in [0.2, 0.25) is 0 Å². The van der Waals surface area contributed by atoms with Crippen molar-refractivity contribution >= 4 is 11.5 Å². The number of aromatic nitrogens is 3. The largest absolute Gasteiger partial charge is 0.356 e. The molecule has 140 valence electrons. The molecule has 0 amide bonds. The molecule has 0 spiro atoms. The third kappa shape index (κ3) is 3.13. The molecule has 3 heterocycles. The first kappa shape index (κ1) is 16.9. The number of hydrogen-bond acceptors (Lipinski definition) is 3. The van der Waals surface area contributed by atoms with E-state index in [1.54, 1.807) is 12.1 Å². The smallest absolute Gasteiger partial charge is 0.158 e. The molecular formula is C23H21FN4. The van der Waals surface area contributed by atoms with Crippen LogP contribution >= 0.6 is 0 Å². The molecule has 1 saturated heterocycles. The van der Waals surface area contributed by atoms with Crippen LogP contribution in [0.15, 0.2) is 66.7 Å². The van der Waals surface area contributed by atoms with Crippen LogP contribution in [0, 0.1) is 5.82 Å². The molecule has 5 heteroatoms. The Morgan fingerprint density at radius 1 is 0.750 bits per heavy atom. The number of rotatable bonds is 3. The number of hydrogen-bond donors (Lipinski definition) is 0. The highest BCUT2D eigenvalue weighted by Gasteiger charge is 2.18. The molecule has 0 bridgehead atoms. The van der Waals surface area contributed by atoms with E-state index in [1.807, 2.05) is 28.8 Å². The number of benzene rings is 2. The number of anilines is 1. The average Bonchev–Trinajstić information content (AvgIpc) is 3.19. The van der Waals surface area contributed by atoms with Gasteiger partial charge < -0.3 is 4.90 Å². The van der Waals surface area contributed by atoms with Crippen LogP contribution in [0.3, 0.4) is 0 Å². The molecule has 0 saturated carbocycles. The lowest BCUT2D eigenvalue weighted by Crippen LogP contribution is -2.31. The van der Waals surface area contributed by atoms with Crippen LogP contribution in [0.4, 0.5) is 10.2 Å². The molecule has 5 rings (SSSR count). The Labute approximate surface area is 163 Å². The molecule has 4 nitrogen and oxygen atoms in total. The van der Waals surface area contributed by atoms with Crippen molar-refractivity contribution in [2.75, 3.05) is 18.0 Å². The van der Waals surface area contributed by atoms with Crippen LogP contribution in [0.1, 0.15) is 19.3 Å². The van der Waals surface area contributed by atoms with Gasteiger partial charge in [-0.1, -0.05) is 30.3 Å². The Kier molecular flexibility index (Phi) is 4.28. The van der Waals surface area contributed by atoms with E-state index in [4.69, 9.17) is 10.1 Å². The predicted molar refractivity (Wildman–Crippen MR) is 110 cm³/mol. The second-order valence-corrected chi connectivity index (χ2v) is 7.22. The molecule has 1 aliphatic rings. The highest BCUT2D eigenvalue weighted by molar-refractivity contribution is 5.71. The maximum atomic E-state index is 13.3. The summed E-state index contributed by atoms with van der Waals surface area (Å²) in [5.41, 5.74) is 4.53. The van der Waals surface area contributed by atoms with E-state index in [0.29, 0.717) is 0 Å². The Morgan fingerprint density at radius 2 is 1.46 bits per heavy atom. The number of piperidine rings is 1. The van der Waals surface area contributed by atoms with Gasteiger partial charge in [-0.2, -0.15) is 9.61 Å². The Balaban J connectivity index is 1.68. The summed E-state index contributed by atoms with van der Waals surface area (Å²) in [6.45, 7) is 2.05. The summed E-state index contributed by atoms with van der Waals surface area (Å²) < 4.78 is 15.2. The first-order valence-electron chi connectivity index (χ1n) is 9.75. The lowest BCUT2D eigenvalue weighted by molar-refractivity contribution is 0.568. The highest BCUT2D eigenvalue weighted by atomic mass is 19.1. The molecule has 2 aromatic heterocycles. The van der Waals surface area contributed by atoms with Gasteiger partial charge in [0.1, 0.15) is 11.6 Å². The Hall–Kier alpha value is -3.21. The second kappa shape index (κ2) is 7.08. The van der Waals surface area contributed by atoms with Crippen LogP contribution in [-0.4, -0.2) is 27.7 Å². The van der Waals surface area contributed by atoms with Gasteiger partial charge in [0, 0.05) is 36.3 Å². The molecular weight excluding hydrogens is 351 g/mol. The van der Waals surface area contributed by atoms with Crippen LogP contribution in [0.5, 0.6) is 0 Å². The maximum absolute atomic E-state index is 13.3. The van der Waals surface area contributed by atoms with E-state index < -0.39 is 0 Å². The topological polar surface area (TPSA) is 33.4 Å². The standard InChI is InChI=1S/C23H21FN4/c24-19-11-9-18(10-12-19)21-15-22-25-20(17-7-3-1-4-8-17)16-23(28(22)26-21)27-13-5-2-6-14-27/h1,3-4,7-12,15-16H,2,5-6,13-14H2. The van der Waals surface area contributed by atoms with Crippen molar-refractivity contribution in [1.82, 2.24) is 14.6 Å². The molecule has 0 radical (unpaired) electrons. The summed E-state index contributed by atoms with van der Waals surface area (Å²) in [5.74, 6) is 0.822. The van der Waals surface area contributed by atoms with E-state index in [9.17, 15) is 4.39 Å². The van der Waals surface area contributed by atoms with Gasteiger partial charge in [-0.25, -0.2) is 9.37 Å². The zero-order valence-electron chi connectivity index (χ0n) is 15.6. The van der Waals surface area contributed by atoms with Crippen molar-refractivity contribution in [1.29, 1.82) is 0 Å². The fourth-order valence-corrected chi connectivity index (χ4v) is 3.83. The third-order valence-electron chi connectivity index (χ3n) is 5.30. The minimum absolute atomic E-state index is 0.244. The van der Waals surface area contributed by atoms with Crippen molar-refractivity contribution < 1.29 is 4.39 Å². The highest BCUT2D eigenvalue weighted by Crippen LogP contribution is 2.29. The summed E-state index contributed by atoms with van der Waals surface area (Å²) in [6, 6.07) is 20.8. The summed E-state index contributed by atoms with van der Waals surface area (Å²) in [4.78, 5) is 7.26. The van der Waals surface area contributed by atoms with E-state index in [2.05, 4.69) is 23.1 Å². The second-order valence-electron chi connectivity index (χ2n) is 7.22. The normalized spacial score (nSPS) is 14.5. The van der Waals surface area contributed by atoms with Gasteiger partial charge in [-0.15, -0.1) is 0 Å². The van der Waals surface area contributed by atoms with Gasteiger partial charge in [0.25, 0.3) is 0 Å². The van der Waals surface area contributed by atoms with Gasteiger partial charge in [-0.3, -0.25) is 0 Å². The van der Waals surface area contributed by atoms with Crippen LogP contribution < -0.4 is 4.90 Å². The van der Waals surface area contributed by atoms with Gasteiger partial charge in [0.15, 0.2) is 5.65 Å². The van der Waals surface area contributed by atoms with Crippen molar-refractivity contribution in [3.63, 3.8) is 0 Å². The van der Waals surface area contributed by atoms with E-state index in [1.165, 1.54) is 31.4 Å². The number of fused-ring (bicyclic) bond motifs is 1. The quantitative estimate of drug-likeness (QED) is 0.496. The number of halogens is 1. The zero-order chi connectivity index (χ0) is 18.9. The molecule has 1 fully saturated rings. The van der Waals surface area contributed by atoms with E-state index >= 15 is 0 Å². The summed E-state index contributed by atoms with van der Waals surface area (Å²) in [7, 11) is 0. The van der Waals surface area contributed by atoms with Crippen molar-refractivity contribution in [2.45, 2.75) is 19.3 Å². The number of nitrogens with zero attached hydrogens (tertiary/aromatic N) is 4. The van der Waals surface area contributed by atoms with Gasteiger partial charge >= 0.3 is 0 Å². The minimum Gasteiger partial charge on any atom is -0.356 e. The van der Waals surface area contributed by atoms with E-state index in [-0.39, 0.29) is 5.82 Å². The van der Waals surface area contributed by atoms with Crippen molar-refractivity contribution in [3.8, 4) is 22.5 Å². The molecule has 28 heavy (non-hydrogen) atoms. The third-order valence-corrected chi connectivity index (χ3v) is 5.30. The van der Waals surface area contributed by atoms with Crippen LogP contribution in [-0.2, 0) is 0 Å². The molecule has 0 N–H and O–H groups in total. The van der Waals surface area contributed by atoms with Crippen molar-refractivity contribution in [3.05, 3.63) is 72.5 Å². The summed E-state index contributed by atoms with van der Waals surface area (Å²) in [6.07, 6.45) is 3.66. The summed E-state index contributed by atoms with van der Waals surface area (Å²) in [5, 5.41) is 4.81. The van der Waals surface area contributed by atoms with Crippen LogP contribution in [0.25, 0.3) is 28.2 Å². The fraction of sp³-hybridized carbons (Fsp3) is 0.217. The average molecular weight is 372 g/mol. The van der Waals surface area contributed by atoms with Gasteiger partial charge in [0.05, 0.1) is 11.4 Å². The first-order valence-corrected chi connectivity index (χ1v) is 9.75. The molecule has 4 aromatic rings. The molecule has 0 atom stereocenters. The van der Waals surface area contributed by atoms with Crippen molar-refractivity contribution in [2.24, 2.45) is 0 Å². The lowest BCUT2D eigenvalue weighted by Gasteiger charge is -2.29. The fourth-order valence-electron chi connectivity index (χ4n) is 3.83. The predicted octanol–water partition coefficient (Wildman–Crippen LogP) is 5.19.